The summed E-state index contributed by atoms with van der Waals surface area (Å²) in [6, 6.07) is 27.7. The monoisotopic (exact) mass is 550 g/mol. The normalized spacial score (nSPS) is 10.7. The Bertz CT molecular complexity index is 987. The maximum atomic E-state index is 12.6. The lowest BCUT2D eigenvalue weighted by Crippen LogP contribution is -2.15. The lowest BCUT2D eigenvalue weighted by molar-refractivity contribution is 0.0459. The van der Waals surface area contributed by atoms with Gasteiger partial charge in [0.15, 0.2) is 0 Å². The minimum absolute atomic E-state index is 0.267. The van der Waals surface area contributed by atoms with Crippen molar-refractivity contribution >= 4 is 35.5 Å². The molecule has 0 aliphatic rings. The number of carbonyl (C=O) groups excluding carboxylic acids is 2. The van der Waals surface area contributed by atoms with Gasteiger partial charge in [-0.05, 0) is 84.8 Å². The van der Waals surface area contributed by atoms with Gasteiger partial charge in [0.2, 0.25) is 0 Å². The van der Waals surface area contributed by atoms with E-state index in [0.717, 1.165) is 61.5 Å². The van der Waals surface area contributed by atoms with Gasteiger partial charge in [-0.1, -0.05) is 72.8 Å². The Labute approximate surface area is 235 Å². The molecule has 4 nitrogen and oxygen atoms in total. The molecule has 0 aromatic heterocycles. The second-order valence-electron chi connectivity index (χ2n) is 8.93. The van der Waals surface area contributed by atoms with Gasteiger partial charge in [-0.3, -0.25) is 0 Å². The van der Waals surface area contributed by atoms with Crippen molar-refractivity contribution in [2.45, 2.75) is 38.5 Å². The van der Waals surface area contributed by atoms with E-state index in [1.165, 1.54) is 11.1 Å². The Balaban J connectivity index is 1.24. The molecule has 38 heavy (non-hydrogen) atoms. The smallest absolute Gasteiger partial charge is 0.339 e. The van der Waals surface area contributed by atoms with Gasteiger partial charge in [0.05, 0.1) is 24.3 Å². The molecular weight excluding hydrogens is 512 g/mol. The van der Waals surface area contributed by atoms with Crippen LogP contribution in [0.15, 0.2) is 84.9 Å². The summed E-state index contributed by atoms with van der Waals surface area (Å²) in [6.07, 6.45) is 6.02. The van der Waals surface area contributed by atoms with Crippen molar-refractivity contribution in [3.63, 3.8) is 0 Å². The zero-order chi connectivity index (χ0) is 26.7. The van der Waals surface area contributed by atoms with E-state index in [4.69, 9.17) is 9.47 Å². The van der Waals surface area contributed by atoms with Gasteiger partial charge in [0.1, 0.15) is 0 Å². The second kappa shape index (κ2) is 18.5. The summed E-state index contributed by atoms with van der Waals surface area (Å²) >= 11 is 3.75. The van der Waals surface area contributed by atoms with Crippen LogP contribution < -0.4 is 0 Å². The number of ether oxygens (including phenoxy) is 2. The van der Waals surface area contributed by atoms with Gasteiger partial charge < -0.3 is 9.47 Å². The van der Waals surface area contributed by atoms with Crippen molar-refractivity contribution in [2.75, 3.05) is 36.2 Å². The Hall–Kier alpha value is -2.70. The van der Waals surface area contributed by atoms with Gasteiger partial charge in [0, 0.05) is 0 Å². The zero-order valence-electron chi connectivity index (χ0n) is 22.0. The van der Waals surface area contributed by atoms with Gasteiger partial charge in [0.25, 0.3) is 0 Å². The Morgan fingerprint density at radius 1 is 0.500 bits per heavy atom. The minimum Gasteiger partial charge on any atom is -0.462 e. The molecule has 3 aromatic rings. The molecule has 3 rings (SSSR count). The van der Waals surface area contributed by atoms with Crippen LogP contribution in [0.5, 0.6) is 0 Å². The average Bonchev–Trinajstić information content (AvgIpc) is 2.96. The Kier molecular flexibility index (Phi) is 14.6. The Morgan fingerprint density at radius 2 is 0.868 bits per heavy atom. The Morgan fingerprint density at radius 3 is 1.29 bits per heavy atom. The summed E-state index contributed by atoms with van der Waals surface area (Å²) in [5.41, 5.74) is 3.27. The van der Waals surface area contributed by atoms with Crippen molar-refractivity contribution in [3.05, 3.63) is 107 Å². The molecular formula is C32H38O4S2. The van der Waals surface area contributed by atoms with E-state index in [1.54, 1.807) is 24.3 Å². The molecule has 0 bridgehead atoms. The number of esters is 2. The second-order valence-corrected chi connectivity index (χ2v) is 11.4. The third-order valence-electron chi connectivity index (χ3n) is 5.89. The average molecular weight is 551 g/mol. The molecule has 0 aliphatic carbocycles. The first kappa shape index (κ1) is 29.9. The van der Waals surface area contributed by atoms with Gasteiger partial charge >= 0.3 is 11.9 Å². The maximum Gasteiger partial charge on any atom is 0.339 e. The molecule has 0 fully saturated rings. The van der Waals surface area contributed by atoms with Gasteiger partial charge in [-0.25, -0.2) is 9.59 Å². The van der Waals surface area contributed by atoms with Crippen LogP contribution in [0.3, 0.4) is 0 Å². The maximum absolute atomic E-state index is 12.6. The molecule has 0 amide bonds. The van der Waals surface area contributed by atoms with Crippen LogP contribution in [0.1, 0.15) is 57.5 Å². The lowest BCUT2D eigenvalue weighted by atomic mass is 10.1. The quantitative estimate of drug-likeness (QED) is 0.121. The minimum atomic E-state index is -0.472. The molecule has 0 saturated carbocycles. The van der Waals surface area contributed by atoms with E-state index in [0.29, 0.717) is 13.2 Å². The van der Waals surface area contributed by atoms with E-state index >= 15 is 0 Å². The number of hydrogen-bond acceptors (Lipinski definition) is 6. The highest BCUT2D eigenvalue weighted by Crippen LogP contribution is 2.14. The van der Waals surface area contributed by atoms with Gasteiger partial charge in [-0.2, -0.15) is 23.5 Å². The molecule has 0 spiro atoms. The molecule has 0 radical (unpaired) electrons. The number of benzene rings is 3. The summed E-state index contributed by atoms with van der Waals surface area (Å²) in [6.45, 7) is 0.685. The number of thioether (sulfide) groups is 2. The highest BCUT2D eigenvalue weighted by atomic mass is 32.2. The van der Waals surface area contributed by atoms with Gasteiger partial charge in [-0.15, -0.1) is 0 Å². The number of hydrogen-bond donors (Lipinski definition) is 0. The van der Waals surface area contributed by atoms with Crippen LogP contribution in [0.4, 0.5) is 0 Å². The van der Waals surface area contributed by atoms with Crippen molar-refractivity contribution in [1.29, 1.82) is 0 Å². The summed E-state index contributed by atoms with van der Waals surface area (Å²) in [7, 11) is 0. The third-order valence-corrected chi connectivity index (χ3v) is 8.20. The van der Waals surface area contributed by atoms with Crippen LogP contribution in [0, 0.1) is 0 Å². The standard InChI is InChI=1S/C32H38O4S2/c33-31(35-21-11-25-37-23-9-17-27-13-3-1-4-14-27)29-19-7-8-20-30(29)32(34)36-22-12-26-38-24-10-18-28-15-5-2-6-16-28/h1-8,13-16,19-20H,9-12,17-18,21-26H2. The molecule has 0 saturated heterocycles. The van der Waals surface area contributed by atoms with E-state index in [-0.39, 0.29) is 11.1 Å². The summed E-state index contributed by atoms with van der Waals surface area (Å²) in [5.74, 6) is 3.11. The molecule has 0 heterocycles. The summed E-state index contributed by atoms with van der Waals surface area (Å²) in [5, 5.41) is 0. The van der Waals surface area contributed by atoms with E-state index in [1.807, 2.05) is 35.7 Å². The van der Waals surface area contributed by atoms with E-state index in [2.05, 4.69) is 48.5 Å². The topological polar surface area (TPSA) is 52.6 Å². The zero-order valence-corrected chi connectivity index (χ0v) is 23.7. The van der Waals surface area contributed by atoms with E-state index in [9.17, 15) is 9.59 Å². The first-order valence-corrected chi connectivity index (χ1v) is 15.7. The summed E-state index contributed by atoms with van der Waals surface area (Å²) < 4.78 is 10.9. The van der Waals surface area contributed by atoms with Crippen LogP contribution >= 0.6 is 23.5 Å². The summed E-state index contributed by atoms with van der Waals surface area (Å²) in [4.78, 5) is 25.2. The van der Waals surface area contributed by atoms with E-state index < -0.39 is 11.9 Å². The van der Waals surface area contributed by atoms with Crippen LogP contribution in [-0.4, -0.2) is 48.2 Å². The highest BCUT2D eigenvalue weighted by molar-refractivity contribution is 7.99. The molecule has 0 atom stereocenters. The fourth-order valence-electron chi connectivity index (χ4n) is 3.90. The molecule has 3 aromatic carbocycles. The first-order chi connectivity index (χ1) is 18.7. The lowest BCUT2D eigenvalue weighted by Gasteiger charge is -2.10. The first-order valence-electron chi connectivity index (χ1n) is 13.4. The predicted molar refractivity (Wildman–Crippen MR) is 160 cm³/mol. The SMILES string of the molecule is O=C(OCCCSCCCc1ccccc1)c1ccccc1C(=O)OCCCSCCCc1ccccc1. The van der Waals surface area contributed by atoms with Crippen LogP contribution in [0.2, 0.25) is 0 Å². The third kappa shape index (κ3) is 11.8. The fraction of sp³-hybridized carbons (Fsp3) is 0.375. The number of aryl methyl sites for hydroxylation is 2. The molecule has 6 heteroatoms. The predicted octanol–water partition coefficient (Wildman–Crippen LogP) is 7.51. The van der Waals surface area contributed by atoms with Crippen molar-refractivity contribution in [2.24, 2.45) is 0 Å². The molecule has 0 unspecified atom stereocenters. The van der Waals surface area contributed by atoms with Crippen LogP contribution in [0.25, 0.3) is 0 Å². The molecule has 0 N–H and O–H groups in total. The number of carbonyl (C=O) groups is 2. The van der Waals surface area contributed by atoms with Crippen molar-refractivity contribution in [3.8, 4) is 0 Å². The van der Waals surface area contributed by atoms with Crippen LogP contribution in [-0.2, 0) is 22.3 Å². The fourth-order valence-corrected chi connectivity index (χ4v) is 5.65. The number of rotatable bonds is 18. The molecule has 0 aliphatic heterocycles. The van der Waals surface area contributed by atoms with Crippen molar-refractivity contribution in [1.82, 2.24) is 0 Å². The highest BCUT2D eigenvalue weighted by Gasteiger charge is 2.18. The van der Waals surface area contributed by atoms with Crippen molar-refractivity contribution < 1.29 is 19.1 Å². The largest absolute Gasteiger partial charge is 0.462 e. The molecule has 202 valence electrons.